The molecule has 1 saturated heterocycles. The minimum atomic E-state index is -0.990. The first kappa shape index (κ1) is 25.3. The number of hydrogen-bond donors (Lipinski definition) is 1. The first-order chi connectivity index (χ1) is 18.2. The van der Waals surface area contributed by atoms with E-state index in [1.54, 1.807) is 37.3 Å². The molecular weight excluding hydrogens is 510 g/mol. The van der Waals surface area contributed by atoms with Crippen LogP contribution in [0.25, 0.3) is 5.76 Å². The number of rotatable bonds is 5. The summed E-state index contributed by atoms with van der Waals surface area (Å²) < 4.78 is 16.0. The molecule has 196 valence electrons. The number of esters is 1. The van der Waals surface area contributed by atoms with Crippen LogP contribution >= 0.6 is 11.3 Å². The molecule has 1 N–H and O–H groups in total. The summed E-state index contributed by atoms with van der Waals surface area (Å²) in [6.07, 6.45) is 0. The van der Waals surface area contributed by atoms with E-state index in [1.165, 1.54) is 12.0 Å². The van der Waals surface area contributed by atoms with Crippen LogP contribution in [0.15, 0.2) is 48.0 Å². The maximum absolute atomic E-state index is 13.4. The second kappa shape index (κ2) is 9.82. The number of carbonyl (C=O) groups is 3. The molecule has 0 aliphatic carbocycles. The molecule has 0 radical (unpaired) electrons. The number of aliphatic hydroxyl groups excluding tert-OH is 1. The number of methoxy groups -OCH3 is 1. The summed E-state index contributed by atoms with van der Waals surface area (Å²) in [7, 11) is 5.05. The summed E-state index contributed by atoms with van der Waals surface area (Å²) in [6, 6.07) is 11.1. The second-order valence-electron chi connectivity index (χ2n) is 8.92. The van der Waals surface area contributed by atoms with Crippen molar-refractivity contribution in [3.8, 4) is 11.5 Å². The lowest BCUT2D eigenvalue weighted by atomic mass is 9.95. The molecule has 1 amide bonds. The van der Waals surface area contributed by atoms with E-state index < -0.39 is 23.7 Å². The highest BCUT2D eigenvalue weighted by molar-refractivity contribution is 7.17. The molecule has 2 aliphatic heterocycles. The van der Waals surface area contributed by atoms with Gasteiger partial charge in [0.25, 0.3) is 5.78 Å². The Morgan fingerprint density at radius 2 is 1.79 bits per heavy atom. The van der Waals surface area contributed by atoms with Crippen LogP contribution in [0, 0.1) is 6.92 Å². The topological polar surface area (TPSA) is 118 Å². The summed E-state index contributed by atoms with van der Waals surface area (Å²) in [5.41, 5.74) is 2.06. The van der Waals surface area contributed by atoms with Crippen LogP contribution in [0.5, 0.6) is 11.5 Å². The Balaban J connectivity index is 1.68. The number of benzene rings is 2. The molecule has 0 spiro atoms. The maximum Gasteiger partial charge on any atom is 0.350 e. The Morgan fingerprint density at radius 3 is 2.45 bits per heavy atom. The van der Waals surface area contributed by atoms with Crippen molar-refractivity contribution in [3.63, 3.8) is 0 Å². The van der Waals surface area contributed by atoms with E-state index in [-0.39, 0.29) is 21.3 Å². The fraction of sp³-hybridized carbons (Fsp3) is 0.259. The Hall–Kier alpha value is -4.38. The molecule has 1 atom stereocenters. The van der Waals surface area contributed by atoms with Crippen LogP contribution in [0.3, 0.4) is 0 Å². The van der Waals surface area contributed by atoms with Crippen molar-refractivity contribution < 1.29 is 33.7 Å². The molecule has 1 fully saturated rings. The van der Waals surface area contributed by atoms with Crippen molar-refractivity contribution in [2.24, 2.45) is 0 Å². The van der Waals surface area contributed by atoms with Crippen molar-refractivity contribution in [1.82, 2.24) is 4.98 Å². The molecule has 1 unspecified atom stereocenters. The van der Waals surface area contributed by atoms with E-state index in [2.05, 4.69) is 4.98 Å². The van der Waals surface area contributed by atoms with E-state index in [9.17, 15) is 19.5 Å². The lowest BCUT2D eigenvalue weighted by molar-refractivity contribution is -0.132. The number of ether oxygens (including phenoxy) is 3. The smallest absolute Gasteiger partial charge is 0.350 e. The average molecular weight is 536 g/mol. The molecule has 11 heteroatoms. The number of aliphatic hydroxyl groups is 1. The van der Waals surface area contributed by atoms with Crippen molar-refractivity contribution in [1.29, 1.82) is 0 Å². The SMILES string of the molecule is COC(=O)c1sc(N2C(=O)C(=O)/C(=C(/O)c3ccc4c(c3)OCCO4)C2c2ccc(N(C)C)cc2)nc1C. The molecule has 10 nitrogen and oxygen atoms in total. The number of anilines is 2. The zero-order valence-corrected chi connectivity index (χ0v) is 22.0. The van der Waals surface area contributed by atoms with Gasteiger partial charge in [0.2, 0.25) is 0 Å². The summed E-state index contributed by atoms with van der Waals surface area (Å²) in [4.78, 5) is 46.9. The van der Waals surface area contributed by atoms with E-state index in [0.29, 0.717) is 41.5 Å². The number of Topliss-reactive ketones (excluding diaryl/α,β-unsaturated/α-hetero) is 1. The van der Waals surface area contributed by atoms with Gasteiger partial charge in [0.15, 0.2) is 16.6 Å². The van der Waals surface area contributed by atoms with Gasteiger partial charge in [0, 0.05) is 25.3 Å². The lowest BCUT2D eigenvalue weighted by Crippen LogP contribution is -2.29. The number of carbonyl (C=O) groups excluding carboxylic acids is 3. The van der Waals surface area contributed by atoms with E-state index in [4.69, 9.17) is 14.2 Å². The summed E-state index contributed by atoms with van der Waals surface area (Å²) in [5, 5.41) is 11.6. The van der Waals surface area contributed by atoms with E-state index >= 15 is 0 Å². The molecule has 5 rings (SSSR count). The Labute approximate surface area is 222 Å². The van der Waals surface area contributed by atoms with Gasteiger partial charge < -0.3 is 24.2 Å². The van der Waals surface area contributed by atoms with Crippen molar-refractivity contribution in [2.45, 2.75) is 13.0 Å². The van der Waals surface area contributed by atoms with Crippen LogP contribution in [-0.2, 0) is 14.3 Å². The molecule has 3 heterocycles. The molecule has 0 saturated carbocycles. The highest BCUT2D eigenvalue weighted by atomic mass is 32.1. The first-order valence-electron chi connectivity index (χ1n) is 11.7. The number of thiazole rings is 1. The zero-order valence-electron chi connectivity index (χ0n) is 21.2. The minimum absolute atomic E-state index is 0.100. The largest absolute Gasteiger partial charge is 0.507 e. The number of ketones is 1. The number of aromatic nitrogens is 1. The average Bonchev–Trinajstić information content (AvgIpc) is 3.43. The predicted molar refractivity (Wildman–Crippen MR) is 141 cm³/mol. The van der Waals surface area contributed by atoms with Crippen molar-refractivity contribution in [2.75, 3.05) is 44.2 Å². The van der Waals surface area contributed by atoms with Crippen LogP contribution in [0.2, 0.25) is 0 Å². The van der Waals surface area contributed by atoms with Gasteiger partial charge in [-0.15, -0.1) is 0 Å². The van der Waals surface area contributed by atoms with Gasteiger partial charge in [-0.05, 0) is 42.8 Å². The predicted octanol–water partition coefficient (Wildman–Crippen LogP) is 3.70. The number of amides is 1. The fourth-order valence-corrected chi connectivity index (χ4v) is 5.43. The van der Waals surface area contributed by atoms with E-state index in [0.717, 1.165) is 17.0 Å². The standard InChI is InChI=1S/C27H25N3O7S/c1-14-24(26(34)35-4)38-27(28-14)30-21(15-5-8-17(9-6-15)29(2)3)20(23(32)25(30)33)22(31)16-7-10-18-19(13-16)37-12-11-36-18/h5-10,13,21,31H,11-12H2,1-4H3/b22-20+. The van der Waals surface area contributed by atoms with E-state index in [1.807, 2.05) is 31.1 Å². The third-order valence-electron chi connectivity index (χ3n) is 6.35. The van der Waals surface area contributed by atoms with Gasteiger partial charge >= 0.3 is 11.9 Å². The highest BCUT2D eigenvalue weighted by Gasteiger charge is 2.48. The van der Waals surface area contributed by atoms with Gasteiger partial charge in [0.05, 0.1) is 24.4 Å². The van der Waals surface area contributed by atoms with Crippen LogP contribution in [0.4, 0.5) is 10.8 Å². The normalized spacial score (nSPS) is 18.0. The van der Waals surface area contributed by atoms with Crippen molar-refractivity contribution in [3.05, 3.63) is 69.7 Å². The third kappa shape index (κ3) is 4.24. The van der Waals surface area contributed by atoms with Gasteiger partial charge in [-0.25, -0.2) is 9.78 Å². The molecule has 0 bridgehead atoms. The monoisotopic (exact) mass is 535 g/mol. The highest BCUT2D eigenvalue weighted by Crippen LogP contribution is 2.45. The molecular formula is C27H25N3O7S. The quantitative estimate of drug-likeness (QED) is 0.226. The minimum Gasteiger partial charge on any atom is -0.507 e. The maximum atomic E-state index is 13.4. The fourth-order valence-electron chi connectivity index (χ4n) is 4.41. The van der Waals surface area contributed by atoms with Gasteiger partial charge in [0.1, 0.15) is 23.9 Å². The van der Waals surface area contributed by atoms with Crippen LogP contribution < -0.4 is 19.3 Å². The third-order valence-corrected chi connectivity index (χ3v) is 7.48. The molecule has 38 heavy (non-hydrogen) atoms. The number of nitrogens with zero attached hydrogens (tertiary/aromatic N) is 3. The first-order valence-corrected chi connectivity index (χ1v) is 12.6. The van der Waals surface area contributed by atoms with Crippen molar-refractivity contribution >= 4 is 45.6 Å². The van der Waals surface area contributed by atoms with Gasteiger partial charge in [-0.2, -0.15) is 0 Å². The summed E-state index contributed by atoms with van der Waals surface area (Å²) in [6.45, 7) is 2.39. The van der Waals surface area contributed by atoms with Crippen LogP contribution in [-0.4, -0.2) is 62.2 Å². The number of hydrogen-bond acceptors (Lipinski definition) is 10. The Morgan fingerprint density at radius 1 is 1.11 bits per heavy atom. The zero-order chi connectivity index (χ0) is 27.1. The summed E-state index contributed by atoms with van der Waals surface area (Å²) >= 11 is 0.948. The van der Waals surface area contributed by atoms with Gasteiger partial charge in [-0.1, -0.05) is 23.5 Å². The lowest BCUT2D eigenvalue weighted by Gasteiger charge is -2.24. The molecule has 1 aromatic heterocycles. The molecule has 3 aromatic rings. The van der Waals surface area contributed by atoms with Gasteiger partial charge in [-0.3, -0.25) is 14.5 Å². The number of fused-ring (bicyclic) bond motifs is 1. The number of aryl methyl sites for hydroxylation is 1. The second-order valence-corrected chi connectivity index (χ2v) is 9.89. The molecule has 2 aromatic carbocycles. The summed E-state index contributed by atoms with van der Waals surface area (Å²) in [5.74, 6) is -1.73. The Bertz CT molecular complexity index is 1480. The Kier molecular flexibility index (Phi) is 6.53. The van der Waals surface area contributed by atoms with Crippen LogP contribution in [0.1, 0.15) is 32.5 Å². The molecule has 2 aliphatic rings.